The zero-order valence-electron chi connectivity index (χ0n) is 12.4. The Kier molecular flexibility index (Phi) is 4.78. The highest BCUT2D eigenvalue weighted by Crippen LogP contribution is 2.25. The third kappa shape index (κ3) is 4.64. The molecule has 122 valence electrons. The van der Waals surface area contributed by atoms with Gasteiger partial charge in [-0.05, 0) is 43.3 Å². The Labute approximate surface area is 130 Å². The Hall–Kier alpha value is -2.70. The summed E-state index contributed by atoms with van der Waals surface area (Å²) >= 11 is 0. The molecule has 0 unspecified atom stereocenters. The highest BCUT2D eigenvalue weighted by Gasteiger charge is 2.30. The second kappa shape index (κ2) is 6.60. The lowest BCUT2D eigenvalue weighted by Crippen LogP contribution is -2.17. The molecule has 0 fully saturated rings. The molecule has 0 saturated carbocycles. The molecular weight excluding hydrogens is 311 g/mol. The van der Waals surface area contributed by atoms with Crippen LogP contribution in [0.2, 0.25) is 0 Å². The van der Waals surface area contributed by atoms with E-state index in [1.54, 1.807) is 18.2 Å². The van der Waals surface area contributed by atoms with E-state index in [1.807, 2.05) is 6.92 Å². The second-order valence-corrected chi connectivity index (χ2v) is 4.73. The first kappa shape index (κ1) is 16.7. The van der Waals surface area contributed by atoms with Crippen molar-refractivity contribution >= 4 is 11.6 Å². The van der Waals surface area contributed by atoms with Crippen molar-refractivity contribution in [3.05, 3.63) is 53.6 Å². The van der Waals surface area contributed by atoms with Crippen LogP contribution in [-0.4, -0.2) is 19.4 Å². The number of rotatable bonds is 4. The van der Waals surface area contributed by atoms with Gasteiger partial charge in [-0.15, -0.1) is 13.2 Å². The fourth-order valence-corrected chi connectivity index (χ4v) is 1.94. The number of aryl methyl sites for hydroxylation is 1. The summed E-state index contributed by atoms with van der Waals surface area (Å²) in [6.07, 6.45) is -4.75. The molecule has 0 heterocycles. The minimum absolute atomic E-state index is 0.336. The largest absolute Gasteiger partial charge is 0.573 e. The molecule has 0 aliphatic heterocycles. The Balaban J connectivity index is 2.13. The molecule has 0 aromatic heterocycles. The minimum atomic E-state index is -4.75. The molecule has 0 atom stereocenters. The van der Waals surface area contributed by atoms with Crippen LogP contribution in [-0.2, 0) is 0 Å². The molecule has 0 aliphatic rings. The molecule has 23 heavy (non-hydrogen) atoms. The van der Waals surface area contributed by atoms with E-state index in [2.05, 4.69) is 10.1 Å². The van der Waals surface area contributed by atoms with Gasteiger partial charge in [-0.1, -0.05) is 11.6 Å². The first-order valence-corrected chi connectivity index (χ1v) is 6.60. The maximum absolute atomic E-state index is 12.3. The van der Waals surface area contributed by atoms with Gasteiger partial charge in [0.25, 0.3) is 5.91 Å². The number of carbonyl (C=O) groups is 1. The first-order chi connectivity index (χ1) is 10.8. The fourth-order valence-electron chi connectivity index (χ4n) is 1.94. The van der Waals surface area contributed by atoms with Crippen LogP contribution in [0.4, 0.5) is 18.9 Å². The predicted octanol–water partition coefficient (Wildman–Crippen LogP) is 4.15. The van der Waals surface area contributed by atoms with E-state index in [-0.39, 0.29) is 5.75 Å². The molecule has 4 nitrogen and oxygen atoms in total. The van der Waals surface area contributed by atoms with Crippen molar-refractivity contribution in [2.75, 3.05) is 12.4 Å². The number of hydrogen-bond donors (Lipinski definition) is 1. The van der Waals surface area contributed by atoms with Gasteiger partial charge < -0.3 is 14.8 Å². The molecule has 2 aromatic rings. The van der Waals surface area contributed by atoms with Gasteiger partial charge in [-0.2, -0.15) is 0 Å². The van der Waals surface area contributed by atoms with Crippen LogP contribution in [0.25, 0.3) is 0 Å². The summed E-state index contributed by atoms with van der Waals surface area (Å²) in [5, 5.41) is 2.59. The number of methoxy groups -OCH3 is 1. The molecule has 1 amide bonds. The van der Waals surface area contributed by atoms with Gasteiger partial charge in [0.1, 0.15) is 11.5 Å². The molecule has 7 heteroatoms. The zero-order valence-corrected chi connectivity index (χ0v) is 12.4. The monoisotopic (exact) mass is 325 g/mol. The van der Waals surface area contributed by atoms with E-state index in [0.717, 1.165) is 17.7 Å². The lowest BCUT2D eigenvalue weighted by molar-refractivity contribution is -0.274. The molecule has 0 bridgehead atoms. The summed E-state index contributed by atoms with van der Waals surface area (Å²) in [7, 11) is 1.45. The number of ether oxygens (including phenoxy) is 2. The predicted molar refractivity (Wildman–Crippen MR) is 78.8 cm³/mol. The molecule has 0 saturated heterocycles. The van der Waals surface area contributed by atoms with Crippen molar-refractivity contribution < 1.29 is 27.4 Å². The van der Waals surface area contributed by atoms with Crippen molar-refractivity contribution in [3.8, 4) is 11.5 Å². The zero-order chi connectivity index (χ0) is 17.0. The molecular formula is C16H14F3NO3. The number of anilines is 1. The molecule has 0 radical (unpaired) electrons. The molecule has 2 aromatic carbocycles. The third-order valence-electron chi connectivity index (χ3n) is 2.95. The van der Waals surface area contributed by atoms with Crippen molar-refractivity contribution in [1.29, 1.82) is 0 Å². The van der Waals surface area contributed by atoms with Gasteiger partial charge in [0, 0.05) is 5.69 Å². The van der Waals surface area contributed by atoms with E-state index in [0.29, 0.717) is 17.0 Å². The average molecular weight is 325 g/mol. The van der Waals surface area contributed by atoms with Crippen LogP contribution in [0, 0.1) is 6.92 Å². The van der Waals surface area contributed by atoms with Crippen LogP contribution >= 0.6 is 0 Å². The molecule has 2 rings (SSSR count). The number of nitrogens with one attached hydrogen (secondary N) is 1. The average Bonchev–Trinajstić information content (AvgIpc) is 2.47. The number of halogens is 3. The summed E-state index contributed by atoms with van der Waals surface area (Å²) in [6.45, 7) is 1.83. The second-order valence-electron chi connectivity index (χ2n) is 4.73. The van der Waals surface area contributed by atoms with Crippen LogP contribution in [0.1, 0.15) is 15.9 Å². The Morgan fingerprint density at radius 2 is 1.74 bits per heavy atom. The van der Waals surface area contributed by atoms with Gasteiger partial charge in [-0.3, -0.25) is 4.79 Å². The Morgan fingerprint density at radius 3 is 2.30 bits per heavy atom. The SMILES string of the molecule is COc1ccc(C)cc1C(=O)Nc1ccc(OC(F)(F)F)cc1. The van der Waals surface area contributed by atoms with Crippen molar-refractivity contribution in [1.82, 2.24) is 0 Å². The van der Waals surface area contributed by atoms with E-state index >= 15 is 0 Å². The first-order valence-electron chi connectivity index (χ1n) is 6.60. The van der Waals surface area contributed by atoms with Crippen LogP contribution in [0.15, 0.2) is 42.5 Å². The Bertz CT molecular complexity index is 697. The van der Waals surface area contributed by atoms with Gasteiger partial charge in [0.05, 0.1) is 12.7 Å². The number of alkyl halides is 3. The quantitative estimate of drug-likeness (QED) is 0.918. The van der Waals surface area contributed by atoms with Crippen molar-refractivity contribution in [2.24, 2.45) is 0 Å². The summed E-state index contributed by atoms with van der Waals surface area (Å²) in [5.41, 5.74) is 1.56. The van der Waals surface area contributed by atoms with E-state index in [4.69, 9.17) is 4.74 Å². The van der Waals surface area contributed by atoms with Crippen LogP contribution in [0.3, 0.4) is 0 Å². The summed E-state index contributed by atoms with van der Waals surface area (Å²) in [6, 6.07) is 10.0. The van der Waals surface area contributed by atoms with Crippen LogP contribution in [0.5, 0.6) is 11.5 Å². The van der Waals surface area contributed by atoms with Gasteiger partial charge in [0.2, 0.25) is 0 Å². The van der Waals surface area contributed by atoms with E-state index in [9.17, 15) is 18.0 Å². The fraction of sp³-hybridized carbons (Fsp3) is 0.188. The maximum atomic E-state index is 12.3. The van der Waals surface area contributed by atoms with Gasteiger partial charge >= 0.3 is 6.36 Å². The standard InChI is InChI=1S/C16H14F3NO3/c1-10-3-8-14(22-2)13(9-10)15(21)20-11-4-6-12(7-5-11)23-16(17,18)19/h3-9H,1-2H3,(H,20,21). The smallest absolute Gasteiger partial charge is 0.496 e. The maximum Gasteiger partial charge on any atom is 0.573 e. The van der Waals surface area contributed by atoms with Crippen LogP contribution < -0.4 is 14.8 Å². The number of hydrogen-bond acceptors (Lipinski definition) is 3. The molecule has 0 aliphatic carbocycles. The third-order valence-corrected chi connectivity index (χ3v) is 2.95. The Morgan fingerprint density at radius 1 is 1.09 bits per heavy atom. The molecule has 0 spiro atoms. The number of carbonyl (C=O) groups excluding carboxylic acids is 1. The summed E-state index contributed by atoms with van der Waals surface area (Å²) in [4.78, 5) is 12.3. The molecule has 1 N–H and O–H groups in total. The lowest BCUT2D eigenvalue weighted by Gasteiger charge is -2.11. The normalized spacial score (nSPS) is 11.0. The highest BCUT2D eigenvalue weighted by atomic mass is 19.4. The van der Waals surface area contributed by atoms with Crippen molar-refractivity contribution in [2.45, 2.75) is 13.3 Å². The van der Waals surface area contributed by atoms with Gasteiger partial charge in [-0.25, -0.2) is 0 Å². The van der Waals surface area contributed by atoms with Crippen molar-refractivity contribution in [3.63, 3.8) is 0 Å². The van der Waals surface area contributed by atoms with E-state index < -0.39 is 12.3 Å². The van der Waals surface area contributed by atoms with Gasteiger partial charge in [0.15, 0.2) is 0 Å². The minimum Gasteiger partial charge on any atom is -0.496 e. The highest BCUT2D eigenvalue weighted by molar-refractivity contribution is 6.06. The summed E-state index contributed by atoms with van der Waals surface area (Å²) in [5.74, 6) is -0.371. The van der Waals surface area contributed by atoms with E-state index in [1.165, 1.54) is 19.2 Å². The number of amides is 1. The topological polar surface area (TPSA) is 47.6 Å². The summed E-state index contributed by atoms with van der Waals surface area (Å²) < 4.78 is 45.2. The number of benzene rings is 2. The lowest BCUT2D eigenvalue weighted by atomic mass is 10.1.